The van der Waals surface area contributed by atoms with Crippen molar-refractivity contribution in [2.75, 3.05) is 20.6 Å². The van der Waals surface area contributed by atoms with Gasteiger partial charge in [-0.2, -0.15) is 0 Å². The van der Waals surface area contributed by atoms with E-state index in [2.05, 4.69) is 50.6 Å². The Morgan fingerprint density at radius 1 is 1.33 bits per heavy atom. The summed E-state index contributed by atoms with van der Waals surface area (Å²) >= 11 is 2.24. The van der Waals surface area contributed by atoms with Crippen LogP contribution in [0.1, 0.15) is 13.8 Å². The van der Waals surface area contributed by atoms with Crippen molar-refractivity contribution in [2.24, 2.45) is 5.41 Å². The average Bonchev–Trinajstić information content (AvgIpc) is 1.63. The summed E-state index contributed by atoms with van der Waals surface area (Å²) in [7, 11) is 4.24. The third kappa shape index (κ3) is 5.02. The molecule has 0 aromatic rings. The third-order valence-corrected chi connectivity index (χ3v) is 1.70. The van der Waals surface area contributed by atoms with Gasteiger partial charge in [0.15, 0.2) is 0 Å². The van der Waals surface area contributed by atoms with E-state index in [-0.39, 0.29) is 0 Å². The molecule has 9 heavy (non-hydrogen) atoms. The predicted octanol–water partition coefficient (Wildman–Crippen LogP) is 1.16. The van der Waals surface area contributed by atoms with Gasteiger partial charge in [0.05, 0.1) is 0 Å². The molecule has 0 rings (SSSR count). The van der Waals surface area contributed by atoms with Crippen LogP contribution in [0.15, 0.2) is 0 Å². The first-order valence-corrected chi connectivity index (χ1v) is 3.62. The molecule has 0 atom stereocenters. The Balaban J connectivity index is 3.58. The summed E-state index contributed by atoms with van der Waals surface area (Å²) in [4.78, 5) is 2.24. The van der Waals surface area contributed by atoms with Crippen LogP contribution >= 0.6 is 0 Å². The Bertz CT molecular complexity index is 79.0. The minimum atomic E-state index is 0.490. The predicted molar refractivity (Wildman–Crippen MR) is 42.9 cm³/mol. The van der Waals surface area contributed by atoms with Crippen molar-refractivity contribution < 1.29 is 0 Å². The van der Waals surface area contributed by atoms with Gasteiger partial charge in [0.25, 0.3) is 0 Å². The second kappa shape index (κ2) is 3.66. The molecule has 0 fully saturated rings. The van der Waals surface area contributed by atoms with E-state index in [9.17, 15) is 0 Å². The molecular weight excluding hydrogens is 105 g/mol. The van der Waals surface area contributed by atoms with E-state index in [0.29, 0.717) is 5.41 Å². The first kappa shape index (κ1) is 9.56. The van der Waals surface area contributed by atoms with Gasteiger partial charge < -0.3 is 0 Å². The van der Waals surface area contributed by atoms with Crippen molar-refractivity contribution in [1.82, 2.24) is 4.90 Å². The normalized spacial score (nSPS) is 12.8. The summed E-state index contributed by atoms with van der Waals surface area (Å²) in [5.74, 6) is 0. The number of hydrogen-bond acceptors (Lipinski definition) is 1. The van der Waals surface area contributed by atoms with Gasteiger partial charge in [0.1, 0.15) is 0 Å². The van der Waals surface area contributed by atoms with Gasteiger partial charge in [-0.1, -0.05) is 0 Å². The Morgan fingerprint density at radius 2 is 1.78 bits per heavy atom. The molecule has 0 amide bonds. The summed E-state index contributed by atoms with van der Waals surface area (Å²) in [6.45, 7) is 5.78. The molecule has 0 aliphatic carbocycles. The van der Waals surface area contributed by atoms with Crippen LogP contribution in [0.2, 0.25) is 5.09 Å². The number of nitrogens with zero attached hydrogens (tertiary/aromatic N) is 1. The van der Waals surface area contributed by atoms with Crippen LogP contribution in [0, 0.1) is 5.41 Å². The summed E-state index contributed by atoms with van der Waals surface area (Å²) < 4.78 is 0. The molecule has 0 unspecified atom stereocenters. The van der Waals surface area contributed by atoms with Crippen LogP contribution in [0.25, 0.3) is 0 Å². The molecule has 0 bridgehead atoms. The quantitative estimate of drug-likeness (QED) is 0.506. The van der Waals surface area contributed by atoms with Crippen molar-refractivity contribution >= 4 is 17.7 Å². The Hall–Kier alpha value is 0.557. The van der Waals surface area contributed by atoms with Gasteiger partial charge in [0.2, 0.25) is 0 Å². The van der Waals surface area contributed by atoms with Crippen molar-refractivity contribution in [3.05, 3.63) is 0 Å². The van der Waals surface area contributed by atoms with E-state index in [1.807, 2.05) is 0 Å². The van der Waals surface area contributed by atoms with Crippen molar-refractivity contribution in [2.45, 2.75) is 18.9 Å². The molecule has 0 aromatic carbocycles. The van der Waals surface area contributed by atoms with Gasteiger partial charge in [-0.25, -0.2) is 0 Å². The molecular formula is C7H16LiN. The second-order valence-corrected chi connectivity index (χ2v) is 3.76. The fourth-order valence-electron chi connectivity index (χ4n) is 0.968. The maximum atomic E-state index is 2.30. The topological polar surface area (TPSA) is 3.24 Å². The summed E-state index contributed by atoms with van der Waals surface area (Å²) in [6, 6.07) is 0. The Morgan fingerprint density at radius 3 is 1.89 bits per heavy atom. The first-order chi connectivity index (χ1) is 3.98. The van der Waals surface area contributed by atoms with Crippen LogP contribution in [-0.4, -0.2) is 43.3 Å². The second-order valence-electron chi connectivity index (χ2n) is 3.76. The summed E-state index contributed by atoms with van der Waals surface area (Å²) in [6.07, 6.45) is 0. The van der Waals surface area contributed by atoms with Gasteiger partial charge in [0, 0.05) is 0 Å². The van der Waals surface area contributed by atoms with Gasteiger partial charge in [-0.05, 0) is 0 Å². The Labute approximate surface area is 68.0 Å². The van der Waals surface area contributed by atoms with E-state index < -0.39 is 0 Å². The van der Waals surface area contributed by atoms with Crippen LogP contribution < -0.4 is 0 Å². The standard InChI is InChI=1S/C7H16N.Li/c1-7(2,3)6-8(4)5;/h1,6H2,2-5H3;. The van der Waals surface area contributed by atoms with Crippen LogP contribution in [0.3, 0.4) is 0 Å². The molecule has 0 radical (unpaired) electrons. The molecule has 0 saturated heterocycles. The number of rotatable bonds is 3. The zero-order valence-corrected chi connectivity index (χ0v) is 7.36. The molecule has 0 aliphatic heterocycles. The van der Waals surface area contributed by atoms with E-state index in [1.54, 1.807) is 0 Å². The molecule has 0 heterocycles. The molecule has 1 nitrogen and oxygen atoms in total. The fraction of sp³-hybridized carbons (Fsp3) is 1.00. The minimum absolute atomic E-state index is 0.490. The van der Waals surface area contributed by atoms with Crippen LogP contribution in [0.5, 0.6) is 0 Å². The van der Waals surface area contributed by atoms with Gasteiger partial charge in [-0.3, -0.25) is 0 Å². The summed E-state index contributed by atoms with van der Waals surface area (Å²) in [5.41, 5.74) is 0.490. The van der Waals surface area contributed by atoms with Crippen LogP contribution in [-0.2, 0) is 0 Å². The van der Waals surface area contributed by atoms with Crippen molar-refractivity contribution in [3.8, 4) is 0 Å². The SMILES string of the molecule is [Li][CH2]C(C)(C)CN(C)C. The van der Waals surface area contributed by atoms with E-state index in [0.717, 1.165) is 0 Å². The monoisotopic (exact) mass is 121 g/mol. The molecule has 0 aliphatic rings. The molecule has 50 valence electrons. The number of hydrogen-bond donors (Lipinski definition) is 0. The average molecular weight is 121 g/mol. The van der Waals surface area contributed by atoms with Gasteiger partial charge >= 0.3 is 67.6 Å². The van der Waals surface area contributed by atoms with Gasteiger partial charge in [-0.15, -0.1) is 0 Å². The third-order valence-electron chi connectivity index (χ3n) is 1.70. The maximum absolute atomic E-state index is 2.30. The van der Waals surface area contributed by atoms with Crippen molar-refractivity contribution in [3.63, 3.8) is 0 Å². The molecule has 0 saturated carbocycles. The molecule has 0 aromatic heterocycles. The van der Waals surface area contributed by atoms with E-state index in [4.69, 9.17) is 0 Å². The Kier molecular flexibility index (Phi) is 3.89. The summed E-state index contributed by atoms with van der Waals surface area (Å²) in [5, 5.41) is 1.26. The molecule has 0 N–H and O–H groups in total. The fourth-order valence-corrected chi connectivity index (χ4v) is 0.968. The zero-order chi connectivity index (χ0) is 7.49. The van der Waals surface area contributed by atoms with E-state index >= 15 is 0 Å². The first-order valence-electron chi connectivity index (χ1n) is 3.62. The van der Waals surface area contributed by atoms with E-state index in [1.165, 1.54) is 11.6 Å². The van der Waals surface area contributed by atoms with Crippen molar-refractivity contribution in [1.29, 1.82) is 0 Å². The molecule has 2 heteroatoms. The zero-order valence-electron chi connectivity index (χ0n) is 7.36. The van der Waals surface area contributed by atoms with Crippen LogP contribution in [0.4, 0.5) is 0 Å². The molecule has 0 spiro atoms.